The Balaban J connectivity index is 1.61. The molecule has 1 amide bonds. The standard InChI is InChI=1S/C17H16N2O4S2/c1-25(21,22)13-7-8-14-15(11-13)24-17(18-14)19-16(20)9-10-23-12-5-3-2-4-6-12/h2-8,11H,9-10H2,1H3,(H,18,19,20). The Labute approximate surface area is 149 Å². The van der Waals surface area contributed by atoms with Crippen LogP contribution in [0.4, 0.5) is 5.13 Å². The number of carbonyl (C=O) groups excluding carboxylic acids is 1. The highest BCUT2D eigenvalue weighted by Gasteiger charge is 2.12. The zero-order valence-electron chi connectivity index (χ0n) is 13.4. The minimum absolute atomic E-state index is 0.194. The van der Waals surface area contributed by atoms with E-state index < -0.39 is 9.84 Å². The van der Waals surface area contributed by atoms with Crippen molar-refractivity contribution in [2.45, 2.75) is 11.3 Å². The zero-order valence-corrected chi connectivity index (χ0v) is 15.1. The Morgan fingerprint density at radius 2 is 1.96 bits per heavy atom. The van der Waals surface area contributed by atoms with Crippen LogP contribution in [0.25, 0.3) is 10.2 Å². The van der Waals surface area contributed by atoms with Crippen molar-refractivity contribution >= 4 is 42.4 Å². The smallest absolute Gasteiger partial charge is 0.229 e. The summed E-state index contributed by atoms with van der Waals surface area (Å²) in [6, 6.07) is 14.0. The van der Waals surface area contributed by atoms with Crippen molar-refractivity contribution in [2.75, 3.05) is 18.2 Å². The molecule has 1 heterocycles. The second-order valence-electron chi connectivity index (χ2n) is 5.38. The van der Waals surface area contributed by atoms with Gasteiger partial charge in [-0.15, -0.1) is 0 Å². The first kappa shape index (κ1) is 17.4. The van der Waals surface area contributed by atoms with Gasteiger partial charge in [-0.3, -0.25) is 4.79 Å². The van der Waals surface area contributed by atoms with Gasteiger partial charge in [-0.1, -0.05) is 29.5 Å². The number of aromatic nitrogens is 1. The monoisotopic (exact) mass is 376 g/mol. The van der Waals surface area contributed by atoms with Gasteiger partial charge in [0.25, 0.3) is 0 Å². The number of amides is 1. The molecule has 6 nitrogen and oxygen atoms in total. The Bertz CT molecular complexity index is 998. The molecule has 0 atom stereocenters. The number of sulfone groups is 1. The minimum Gasteiger partial charge on any atom is -0.493 e. The number of anilines is 1. The van der Waals surface area contributed by atoms with Crippen molar-refractivity contribution < 1.29 is 17.9 Å². The summed E-state index contributed by atoms with van der Waals surface area (Å²) in [5, 5.41) is 3.15. The predicted molar refractivity (Wildman–Crippen MR) is 97.9 cm³/mol. The van der Waals surface area contributed by atoms with E-state index in [-0.39, 0.29) is 23.8 Å². The number of fused-ring (bicyclic) bond motifs is 1. The summed E-state index contributed by atoms with van der Waals surface area (Å²) in [5.41, 5.74) is 0.647. The van der Waals surface area contributed by atoms with E-state index in [1.54, 1.807) is 12.1 Å². The molecule has 8 heteroatoms. The number of nitrogens with one attached hydrogen (secondary N) is 1. The summed E-state index contributed by atoms with van der Waals surface area (Å²) in [6.45, 7) is 0.263. The molecule has 0 aliphatic carbocycles. The van der Waals surface area contributed by atoms with E-state index in [1.165, 1.54) is 17.4 Å². The third-order valence-electron chi connectivity index (χ3n) is 3.38. The molecule has 1 aromatic heterocycles. The van der Waals surface area contributed by atoms with Crippen LogP contribution in [-0.2, 0) is 14.6 Å². The molecule has 25 heavy (non-hydrogen) atoms. The summed E-state index contributed by atoms with van der Waals surface area (Å²) in [4.78, 5) is 16.5. The zero-order chi connectivity index (χ0) is 17.9. The van der Waals surface area contributed by atoms with E-state index in [0.717, 1.165) is 6.26 Å². The van der Waals surface area contributed by atoms with Gasteiger partial charge in [0.05, 0.1) is 28.1 Å². The van der Waals surface area contributed by atoms with E-state index in [4.69, 9.17) is 4.74 Å². The fourth-order valence-electron chi connectivity index (χ4n) is 2.15. The number of ether oxygens (including phenoxy) is 1. The van der Waals surface area contributed by atoms with Crippen LogP contribution in [0.15, 0.2) is 53.4 Å². The lowest BCUT2D eigenvalue weighted by Crippen LogP contribution is -2.14. The van der Waals surface area contributed by atoms with Gasteiger partial charge in [-0.25, -0.2) is 13.4 Å². The molecule has 0 spiro atoms. The summed E-state index contributed by atoms with van der Waals surface area (Å²) in [5.74, 6) is 0.502. The number of hydrogen-bond donors (Lipinski definition) is 1. The van der Waals surface area contributed by atoms with Crippen LogP contribution in [-0.4, -0.2) is 32.2 Å². The number of hydrogen-bond acceptors (Lipinski definition) is 6. The van der Waals surface area contributed by atoms with Gasteiger partial charge in [-0.05, 0) is 30.3 Å². The summed E-state index contributed by atoms with van der Waals surface area (Å²) in [7, 11) is -3.27. The van der Waals surface area contributed by atoms with Gasteiger partial charge in [-0.2, -0.15) is 0 Å². The lowest BCUT2D eigenvalue weighted by Gasteiger charge is -2.05. The van der Waals surface area contributed by atoms with Crippen molar-refractivity contribution in [1.29, 1.82) is 0 Å². The van der Waals surface area contributed by atoms with Crippen LogP contribution in [0.3, 0.4) is 0 Å². The van der Waals surface area contributed by atoms with Gasteiger partial charge in [0.1, 0.15) is 5.75 Å². The molecule has 0 saturated carbocycles. The predicted octanol–water partition coefficient (Wildman–Crippen LogP) is 3.11. The van der Waals surface area contributed by atoms with Gasteiger partial charge in [0.2, 0.25) is 5.91 Å². The second kappa shape index (κ2) is 7.20. The SMILES string of the molecule is CS(=O)(=O)c1ccc2nc(NC(=O)CCOc3ccccc3)sc2c1. The number of para-hydroxylation sites is 1. The highest BCUT2D eigenvalue weighted by Crippen LogP contribution is 2.28. The maximum atomic E-state index is 12.0. The molecule has 0 bridgehead atoms. The minimum atomic E-state index is -3.27. The Morgan fingerprint density at radius 1 is 1.20 bits per heavy atom. The van der Waals surface area contributed by atoms with Crippen molar-refractivity contribution in [3.8, 4) is 5.75 Å². The topological polar surface area (TPSA) is 85.4 Å². The van der Waals surface area contributed by atoms with Gasteiger partial charge < -0.3 is 10.1 Å². The molecule has 0 saturated heterocycles. The second-order valence-corrected chi connectivity index (χ2v) is 8.43. The van der Waals surface area contributed by atoms with Crippen molar-refractivity contribution in [2.24, 2.45) is 0 Å². The van der Waals surface area contributed by atoms with Gasteiger partial charge in [0.15, 0.2) is 15.0 Å². The average Bonchev–Trinajstić information content (AvgIpc) is 2.96. The molecule has 3 rings (SSSR count). The Morgan fingerprint density at radius 3 is 2.68 bits per heavy atom. The number of thiazole rings is 1. The highest BCUT2D eigenvalue weighted by molar-refractivity contribution is 7.90. The fourth-order valence-corrected chi connectivity index (χ4v) is 3.79. The van der Waals surface area contributed by atoms with E-state index in [2.05, 4.69) is 10.3 Å². The first-order chi connectivity index (χ1) is 11.9. The van der Waals surface area contributed by atoms with Gasteiger partial charge in [0, 0.05) is 6.26 Å². The Hall–Kier alpha value is -2.45. The molecule has 0 unspecified atom stereocenters. The van der Waals surface area contributed by atoms with E-state index in [1.807, 2.05) is 30.3 Å². The third-order valence-corrected chi connectivity index (χ3v) is 5.42. The Kier molecular flexibility index (Phi) is 5.00. The number of nitrogens with zero attached hydrogens (tertiary/aromatic N) is 1. The lowest BCUT2D eigenvalue weighted by atomic mass is 10.3. The average molecular weight is 376 g/mol. The largest absolute Gasteiger partial charge is 0.493 e. The molecule has 3 aromatic rings. The van der Waals surface area contributed by atoms with Crippen molar-refractivity contribution in [3.63, 3.8) is 0 Å². The van der Waals surface area contributed by atoms with Crippen LogP contribution >= 0.6 is 11.3 Å². The molecule has 0 aliphatic heterocycles. The molecule has 130 valence electrons. The fraction of sp³-hybridized carbons (Fsp3) is 0.176. The van der Waals surface area contributed by atoms with E-state index in [0.29, 0.717) is 21.1 Å². The normalized spacial score (nSPS) is 11.4. The number of rotatable bonds is 6. The molecule has 0 fully saturated rings. The molecule has 2 aromatic carbocycles. The maximum absolute atomic E-state index is 12.0. The quantitative estimate of drug-likeness (QED) is 0.714. The van der Waals surface area contributed by atoms with Crippen LogP contribution in [0.1, 0.15) is 6.42 Å². The summed E-state index contributed by atoms with van der Waals surface area (Å²) in [6.07, 6.45) is 1.35. The van der Waals surface area contributed by atoms with Crippen molar-refractivity contribution in [3.05, 3.63) is 48.5 Å². The third kappa shape index (κ3) is 4.55. The maximum Gasteiger partial charge on any atom is 0.229 e. The highest BCUT2D eigenvalue weighted by atomic mass is 32.2. The van der Waals surface area contributed by atoms with E-state index in [9.17, 15) is 13.2 Å². The van der Waals surface area contributed by atoms with E-state index >= 15 is 0 Å². The summed E-state index contributed by atoms with van der Waals surface area (Å²) < 4.78 is 29.4. The van der Waals surface area contributed by atoms with Crippen LogP contribution < -0.4 is 10.1 Å². The van der Waals surface area contributed by atoms with Gasteiger partial charge >= 0.3 is 0 Å². The van der Waals surface area contributed by atoms with Crippen LogP contribution in [0.2, 0.25) is 0 Å². The molecule has 1 N–H and O–H groups in total. The number of carbonyl (C=O) groups is 1. The van der Waals surface area contributed by atoms with Crippen LogP contribution in [0, 0.1) is 0 Å². The van der Waals surface area contributed by atoms with Crippen molar-refractivity contribution in [1.82, 2.24) is 4.98 Å². The molecular weight excluding hydrogens is 360 g/mol. The lowest BCUT2D eigenvalue weighted by molar-refractivity contribution is -0.116. The molecule has 0 aliphatic rings. The molecule has 0 radical (unpaired) electrons. The van der Waals surface area contributed by atoms with Crippen LogP contribution in [0.5, 0.6) is 5.75 Å². The molecular formula is C17H16N2O4S2. The first-order valence-electron chi connectivity index (χ1n) is 7.50. The number of benzene rings is 2. The first-order valence-corrected chi connectivity index (χ1v) is 10.2. The summed E-state index contributed by atoms with van der Waals surface area (Å²) >= 11 is 1.24.